The van der Waals surface area contributed by atoms with Crippen molar-refractivity contribution in [1.29, 1.82) is 0 Å². The zero-order valence-corrected chi connectivity index (χ0v) is 16.0. The summed E-state index contributed by atoms with van der Waals surface area (Å²) in [4.78, 5) is 14.8. The summed E-state index contributed by atoms with van der Waals surface area (Å²) in [6.07, 6.45) is 2.14. The van der Waals surface area contributed by atoms with Gasteiger partial charge in [-0.25, -0.2) is 0 Å². The number of Topliss-reactive ketones (excluding diaryl/α,β-unsaturated/α-hetero) is 1. The molecule has 3 unspecified atom stereocenters. The first-order chi connectivity index (χ1) is 12.2. The summed E-state index contributed by atoms with van der Waals surface area (Å²) in [5.74, 6) is 0.327. The number of hydrogen-bond acceptors (Lipinski definition) is 6. The summed E-state index contributed by atoms with van der Waals surface area (Å²) >= 11 is 0. The third-order valence-electron chi connectivity index (χ3n) is 6.31. The van der Waals surface area contributed by atoms with Gasteiger partial charge in [0.1, 0.15) is 5.60 Å². The minimum absolute atomic E-state index is 0.00950. The number of carbonyl (C=O) groups is 1. The molecule has 6 heteroatoms. The molecule has 0 radical (unpaired) electrons. The van der Waals surface area contributed by atoms with Crippen LogP contribution in [0.25, 0.3) is 0 Å². The maximum absolute atomic E-state index is 12.7. The Bertz CT molecular complexity index is 774. The van der Waals surface area contributed by atoms with Crippen molar-refractivity contribution in [1.82, 2.24) is 4.90 Å². The third kappa shape index (κ3) is 2.36. The van der Waals surface area contributed by atoms with Crippen LogP contribution in [-0.4, -0.2) is 60.4 Å². The third-order valence-corrected chi connectivity index (χ3v) is 6.31. The molecule has 1 fully saturated rings. The van der Waals surface area contributed by atoms with Gasteiger partial charge < -0.3 is 24.6 Å². The van der Waals surface area contributed by atoms with E-state index < -0.39 is 11.0 Å². The Morgan fingerprint density at radius 3 is 2.58 bits per heavy atom. The van der Waals surface area contributed by atoms with E-state index in [1.54, 1.807) is 6.07 Å². The van der Waals surface area contributed by atoms with Crippen LogP contribution in [0.4, 0.5) is 0 Å². The molecule has 6 nitrogen and oxygen atoms in total. The predicted octanol–water partition coefficient (Wildman–Crippen LogP) is 1.91. The molecule has 1 aliphatic carbocycles. The van der Waals surface area contributed by atoms with Crippen LogP contribution in [-0.2, 0) is 14.9 Å². The number of likely N-dealkylation sites (tertiary alicyclic amines) is 1. The number of aromatic hydroxyl groups is 1. The zero-order valence-electron chi connectivity index (χ0n) is 16.0. The SMILES string of the molecule is COC1=CC2(O)C(C)N(C)CCC2(c2c(C)ccc(OC)c2O)CC1=O. The number of fused-ring (bicyclic) bond motifs is 1. The normalized spacial score (nSPS) is 32.0. The molecule has 1 heterocycles. The quantitative estimate of drug-likeness (QED) is 0.856. The van der Waals surface area contributed by atoms with E-state index in [2.05, 4.69) is 4.90 Å². The Morgan fingerprint density at radius 1 is 1.27 bits per heavy atom. The van der Waals surface area contributed by atoms with E-state index in [0.717, 1.165) is 5.56 Å². The number of phenolic OH excluding ortho intramolecular Hbond substituents is 1. The van der Waals surface area contributed by atoms with Gasteiger partial charge in [0, 0.05) is 23.4 Å². The average Bonchev–Trinajstić information content (AvgIpc) is 2.61. The number of ketones is 1. The number of carbonyl (C=O) groups excluding carboxylic acids is 1. The van der Waals surface area contributed by atoms with E-state index in [0.29, 0.717) is 24.3 Å². The molecule has 1 aromatic rings. The summed E-state index contributed by atoms with van der Waals surface area (Å²) in [6, 6.07) is 3.29. The Labute approximate surface area is 154 Å². The standard InChI is InChI=1S/C20H27NO5/c1-12-6-7-15(25-4)18(23)17(12)19-8-9-21(3)13(2)20(19,24)11-16(26-5)14(22)10-19/h6-7,11,13,23-24H,8-10H2,1-5H3. The number of allylic oxidation sites excluding steroid dienone is 1. The number of ether oxygens (including phenoxy) is 2. The Hall–Kier alpha value is -2.05. The molecule has 1 aromatic carbocycles. The minimum Gasteiger partial charge on any atom is -0.504 e. The summed E-state index contributed by atoms with van der Waals surface area (Å²) in [5, 5.41) is 22.8. The number of phenols is 1. The number of aliphatic hydroxyl groups is 1. The van der Waals surface area contributed by atoms with E-state index in [9.17, 15) is 15.0 Å². The van der Waals surface area contributed by atoms with Gasteiger partial charge in [0.15, 0.2) is 23.0 Å². The lowest BCUT2D eigenvalue weighted by Gasteiger charge is -2.57. The molecule has 0 bridgehead atoms. The molecule has 3 atom stereocenters. The summed E-state index contributed by atoms with van der Waals surface area (Å²) in [7, 11) is 4.87. The van der Waals surface area contributed by atoms with Crippen molar-refractivity contribution in [3.63, 3.8) is 0 Å². The highest BCUT2D eigenvalue weighted by Gasteiger charge is 2.61. The fraction of sp³-hybridized carbons (Fsp3) is 0.550. The van der Waals surface area contributed by atoms with Crippen molar-refractivity contribution >= 4 is 5.78 Å². The summed E-state index contributed by atoms with van der Waals surface area (Å²) in [6.45, 7) is 4.51. The lowest BCUT2D eigenvalue weighted by Crippen LogP contribution is -2.68. The minimum atomic E-state index is -1.37. The van der Waals surface area contributed by atoms with Gasteiger partial charge in [-0.3, -0.25) is 4.79 Å². The molecule has 1 aliphatic heterocycles. The summed E-state index contributed by atoms with van der Waals surface area (Å²) < 4.78 is 10.5. The zero-order chi connectivity index (χ0) is 19.3. The fourth-order valence-electron chi connectivity index (χ4n) is 4.66. The maximum Gasteiger partial charge on any atom is 0.198 e. The number of rotatable bonds is 3. The number of methoxy groups -OCH3 is 2. The number of nitrogens with zero attached hydrogens (tertiary/aromatic N) is 1. The number of hydrogen-bond donors (Lipinski definition) is 2. The van der Waals surface area contributed by atoms with E-state index in [-0.39, 0.29) is 29.8 Å². The number of likely N-dealkylation sites (N-methyl/N-ethyl adjacent to an activating group) is 1. The van der Waals surface area contributed by atoms with Gasteiger partial charge in [-0.15, -0.1) is 0 Å². The lowest BCUT2D eigenvalue weighted by atomic mass is 9.54. The molecular weight excluding hydrogens is 334 g/mol. The molecule has 1 saturated heterocycles. The maximum atomic E-state index is 12.7. The second-order valence-electron chi connectivity index (χ2n) is 7.44. The monoisotopic (exact) mass is 361 g/mol. The van der Waals surface area contributed by atoms with Crippen LogP contribution in [0.15, 0.2) is 24.0 Å². The van der Waals surface area contributed by atoms with E-state index in [1.807, 2.05) is 27.0 Å². The van der Waals surface area contributed by atoms with Gasteiger partial charge in [0.25, 0.3) is 0 Å². The first kappa shape index (κ1) is 18.7. The molecule has 2 N–H and O–H groups in total. The van der Waals surface area contributed by atoms with Crippen molar-refractivity contribution in [2.24, 2.45) is 0 Å². The first-order valence-electron chi connectivity index (χ1n) is 8.81. The largest absolute Gasteiger partial charge is 0.504 e. The highest BCUT2D eigenvalue weighted by atomic mass is 16.5. The molecule has 26 heavy (non-hydrogen) atoms. The lowest BCUT2D eigenvalue weighted by molar-refractivity contribution is -0.136. The van der Waals surface area contributed by atoms with Crippen molar-refractivity contribution in [3.8, 4) is 11.5 Å². The Balaban J connectivity index is 2.33. The van der Waals surface area contributed by atoms with Crippen LogP contribution in [0, 0.1) is 6.92 Å². The number of piperidine rings is 1. The predicted molar refractivity (Wildman–Crippen MR) is 97.4 cm³/mol. The molecule has 142 valence electrons. The Morgan fingerprint density at radius 2 is 1.96 bits per heavy atom. The topological polar surface area (TPSA) is 79.2 Å². The van der Waals surface area contributed by atoms with Gasteiger partial charge in [-0.2, -0.15) is 0 Å². The van der Waals surface area contributed by atoms with Crippen LogP contribution in [0.2, 0.25) is 0 Å². The van der Waals surface area contributed by atoms with Gasteiger partial charge in [-0.05, 0) is 51.6 Å². The van der Waals surface area contributed by atoms with Crippen LogP contribution >= 0.6 is 0 Å². The van der Waals surface area contributed by atoms with Crippen LogP contribution in [0.1, 0.15) is 30.9 Å². The second-order valence-corrected chi connectivity index (χ2v) is 7.44. The number of benzene rings is 1. The number of aryl methyl sites for hydroxylation is 1. The molecular formula is C20H27NO5. The molecule has 2 aliphatic rings. The molecule has 0 aromatic heterocycles. The van der Waals surface area contributed by atoms with E-state index in [1.165, 1.54) is 20.3 Å². The molecule has 0 saturated carbocycles. The Kier molecular flexibility index (Phi) is 4.53. The average molecular weight is 361 g/mol. The second kappa shape index (κ2) is 6.28. The highest BCUT2D eigenvalue weighted by Crippen LogP contribution is 2.56. The van der Waals surface area contributed by atoms with Crippen molar-refractivity contribution in [3.05, 3.63) is 35.1 Å². The van der Waals surface area contributed by atoms with Crippen LogP contribution in [0.3, 0.4) is 0 Å². The van der Waals surface area contributed by atoms with Crippen molar-refractivity contribution in [2.75, 3.05) is 27.8 Å². The van der Waals surface area contributed by atoms with E-state index in [4.69, 9.17) is 9.47 Å². The van der Waals surface area contributed by atoms with Gasteiger partial charge in [-0.1, -0.05) is 6.07 Å². The van der Waals surface area contributed by atoms with E-state index >= 15 is 0 Å². The smallest absolute Gasteiger partial charge is 0.198 e. The van der Waals surface area contributed by atoms with Crippen molar-refractivity contribution in [2.45, 2.75) is 43.7 Å². The first-order valence-corrected chi connectivity index (χ1v) is 8.81. The van der Waals surface area contributed by atoms with Gasteiger partial charge in [0.05, 0.1) is 14.2 Å². The van der Waals surface area contributed by atoms with Crippen molar-refractivity contribution < 1.29 is 24.5 Å². The fourth-order valence-corrected chi connectivity index (χ4v) is 4.66. The molecule has 0 spiro atoms. The van der Waals surface area contributed by atoms with Gasteiger partial charge >= 0.3 is 0 Å². The molecule has 0 amide bonds. The molecule has 3 rings (SSSR count). The van der Waals surface area contributed by atoms with Gasteiger partial charge in [0.2, 0.25) is 0 Å². The summed E-state index contributed by atoms with van der Waals surface area (Å²) in [5.41, 5.74) is -0.909. The van der Waals surface area contributed by atoms with Crippen LogP contribution < -0.4 is 4.74 Å². The van der Waals surface area contributed by atoms with Crippen LogP contribution in [0.5, 0.6) is 11.5 Å². The highest BCUT2D eigenvalue weighted by molar-refractivity contribution is 5.96.